The molecular formula is C28H45ClO2. The average molecular weight is 449 g/mol. The van der Waals surface area contributed by atoms with Crippen LogP contribution in [0.1, 0.15) is 105 Å². The molecule has 5 unspecified atom stereocenters. The van der Waals surface area contributed by atoms with Crippen LogP contribution in [0.15, 0.2) is 11.6 Å². The summed E-state index contributed by atoms with van der Waals surface area (Å²) in [7, 11) is 0. The Morgan fingerprint density at radius 3 is 2.58 bits per heavy atom. The van der Waals surface area contributed by atoms with Crippen LogP contribution < -0.4 is 0 Å². The van der Waals surface area contributed by atoms with Crippen LogP contribution >= 0.6 is 11.6 Å². The molecule has 176 valence electrons. The van der Waals surface area contributed by atoms with Crippen LogP contribution in [0, 0.1) is 46.3 Å². The molecule has 3 heteroatoms. The number of halogens is 1. The van der Waals surface area contributed by atoms with E-state index in [1.54, 1.807) is 5.57 Å². The Bertz CT molecular complexity index is 699. The molecule has 3 saturated carbocycles. The fourth-order valence-electron chi connectivity index (χ4n) is 8.88. The van der Waals surface area contributed by atoms with Crippen molar-refractivity contribution >= 4 is 17.0 Å². The van der Waals surface area contributed by atoms with E-state index < -0.39 is 5.43 Å². The second-order valence-electron chi connectivity index (χ2n) is 12.5. The molecule has 0 aromatic carbocycles. The van der Waals surface area contributed by atoms with Gasteiger partial charge < -0.3 is 4.74 Å². The van der Waals surface area contributed by atoms with Gasteiger partial charge in [0.1, 0.15) is 6.10 Å². The molecule has 8 atom stereocenters. The third kappa shape index (κ3) is 4.36. The molecule has 0 spiro atoms. The monoisotopic (exact) mass is 448 g/mol. The van der Waals surface area contributed by atoms with E-state index in [1.807, 2.05) is 0 Å². The van der Waals surface area contributed by atoms with E-state index in [4.69, 9.17) is 16.3 Å². The Hall–Kier alpha value is -0.500. The summed E-state index contributed by atoms with van der Waals surface area (Å²) in [6.07, 6.45) is 16.7. The van der Waals surface area contributed by atoms with Gasteiger partial charge in [-0.2, -0.15) is 0 Å². The number of hydrogen-bond acceptors (Lipinski definition) is 2. The van der Waals surface area contributed by atoms with Gasteiger partial charge in [-0.25, -0.2) is 4.79 Å². The van der Waals surface area contributed by atoms with Crippen LogP contribution in [-0.2, 0) is 4.74 Å². The van der Waals surface area contributed by atoms with Gasteiger partial charge in [0.2, 0.25) is 0 Å². The maximum absolute atomic E-state index is 11.2. The fraction of sp³-hybridized carbons (Fsp3) is 0.893. The first kappa shape index (κ1) is 23.7. The van der Waals surface area contributed by atoms with E-state index in [-0.39, 0.29) is 6.10 Å². The standard InChI is InChI=1S/C28H45ClO2/c1-18(2)7-6-8-19(3)23-11-12-24-22-10-9-20-17-21(31-26(29)30)13-15-27(20,4)25(22)14-16-28(23,24)5/h9,18-19,21-25H,6-8,10-17H2,1-5H3/t19-,21?,22?,23?,24?,25?,27+,28-/m1/s1. The van der Waals surface area contributed by atoms with Crippen molar-refractivity contribution in [2.45, 2.75) is 111 Å². The molecule has 0 N–H and O–H groups in total. The molecule has 0 radical (unpaired) electrons. The van der Waals surface area contributed by atoms with Gasteiger partial charge in [-0.3, -0.25) is 0 Å². The summed E-state index contributed by atoms with van der Waals surface area (Å²) in [6, 6.07) is 0. The Balaban J connectivity index is 1.47. The quantitative estimate of drug-likeness (QED) is 0.299. The highest BCUT2D eigenvalue weighted by Gasteiger charge is 2.59. The van der Waals surface area contributed by atoms with Crippen LogP contribution in [0.5, 0.6) is 0 Å². The van der Waals surface area contributed by atoms with Crippen molar-refractivity contribution < 1.29 is 9.53 Å². The largest absolute Gasteiger partial charge is 0.450 e. The summed E-state index contributed by atoms with van der Waals surface area (Å²) in [5, 5.41) is 0. The lowest BCUT2D eigenvalue weighted by atomic mass is 9.47. The van der Waals surface area contributed by atoms with Crippen molar-refractivity contribution in [3.63, 3.8) is 0 Å². The summed E-state index contributed by atoms with van der Waals surface area (Å²) < 4.78 is 5.38. The van der Waals surface area contributed by atoms with E-state index in [0.717, 1.165) is 54.8 Å². The number of allylic oxidation sites excluding steroid dienone is 1. The van der Waals surface area contributed by atoms with Crippen molar-refractivity contribution in [3.05, 3.63) is 11.6 Å². The predicted molar refractivity (Wildman–Crippen MR) is 129 cm³/mol. The van der Waals surface area contributed by atoms with E-state index in [9.17, 15) is 4.79 Å². The number of rotatable bonds is 6. The fourth-order valence-corrected chi connectivity index (χ4v) is 9.01. The SMILES string of the molecule is CC(C)CCC[C@@H](C)C1CCC2C3CC=C4CC(OC(=O)Cl)CC[C@]4(C)C3CC[C@@]21C. The zero-order valence-corrected chi connectivity index (χ0v) is 21.3. The zero-order chi connectivity index (χ0) is 22.4. The van der Waals surface area contributed by atoms with E-state index in [1.165, 1.54) is 51.4 Å². The smallest absolute Gasteiger partial charge is 0.404 e. The molecule has 0 aliphatic heterocycles. The molecule has 0 heterocycles. The van der Waals surface area contributed by atoms with Crippen LogP contribution in [0.4, 0.5) is 4.79 Å². The molecule has 0 amide bonds. The normalized spacial score (nSPS) is 42.9. The molecular weight excluding hydrogens is 404 g/mol. The van der Waals surface area contributed by atoms with Crippen molar-refractivity contribution in [3.8, 4) is 0 Å². The molecule has 0 aromatic rings. The molecule has 0 saturated heterocycles. The first-order valence-electron chi connectivity index (χ1n) is 13.2. The molecule has 0 bridgehead atoms. The topological polar surface area (TPSA) is 26.3 Å². The van der Waals surface area contributed by atoms with Crippen molar-refractivity contribution in [2.75, 3.05) is 0 Å². The maximum atomic E-state index is 11.2. The third-order valence-electron chi connectivity index (χ3n) is 10.5. The van der Waals surface area contributed by atoms with Crippen molar-refractivity contribution in [1.82, 2.24) is 0 Å². The maximum Gasteiger partial charge on any atom is 0.404 e. The lowest BCUT2D eigenvalue weighted by molar-refractivity contribution is -0.0573. The first-order valence-corrected chi connectivity index (χ1v) is 13.6. The summed E-state index contributed by atoms with van der Waals surface area (Å²) in [5.41, 5.74) is 1.77. The molecule has 2 nitrogen and oxygen atoms in total. The van der Waals surface area contributed by atoms with Crippen molar-refractivity contribution in [1.29, 1.82) is 0 Å². The van der Waals surface area contributed by atoms with Gasteiger partial charge in [-0.1, -0.05) is 65.5 Å². The lowest BCUT2D eigenvalue weighted by Gasteiger charge is -2.58. The number of ether oxygens (including phenoxy) is 1. The summed E-state index contributed by atoms with van der Waals surface area (Å²) in [5.74, 6) is 5.19. The minimum Gasteiger partial charge on any atom is -0.450 e. The van der Waals surface area contributed by atoms with E-state index in [0.29, 0.717) is 10.8 Å². The molecule has 4 rings (SSSR count). The second kappa shape index (κ2) is 9.03. The molecule has 3 fully saturated rings. The van der Waals surface area contributed by atoms with Gasteiger partial charge in [0.15, 0.2) is 0 Å². The van der Waals surface area contributed by atoms with Gasteiger partial charge in [-0.05, 0) is 91.3 Å². The molecule has 4 aliphatic carbocycles. The summed E-state index contributed by atoms with van der Waals surface area (Å²) in [4.78, 5) is 11.2. The highest BCUT2D eigenvalue weighted by atomic mass is 35.5. The molecule has 0 aromatic heterocycles. The third-order valence-corrected chi connectivity index (χ3v) is 10.6. The number of carbonyl (C=O) groups excluding carboxylic acids is 1. The van der Waals surface area contributed by atoms with Crippen LogP contribution in [0.25, 0.3) is 0 Å². The van der Waals surface area contributed by atoms with Gasteiger partial charge >= 0.3 is 5.43 Å². The van der Waals surface area contributed by atoms with E-state index >= 15 is 0 Å². The highest BCUT2D eigenvalue weighted by molar-refractivity contribution is 6.61. The number of hydrogen-bond donors (Lipinski definition) is 0. The van der Waals surface area contributed by atoms with Crippen LogP contribution in [0.2, 0.25) is 0 Å². The van der Waals surface area contributed by atoms with Crippen LogP contribution in [0.3, 0.4) is 0 Å². The Labute approximate surface area is 195 Å². The minimum absolute atomic E-state index is 0.0164. The van der Waals surface area contributed by atoms with Crippen molar-refractivity contribution in [2.24, 2.45) is 46.3 Å². The Kier molecular flexibility index (Phi) is 6.89. The van der Waals surface area contributed by atoms with Crippen LogP contribution in [-0.4, -0.2) is 11.5 Å². The Morgan fingerprint density at radius 2 is 1.87 bits per heavy atom. The number of carbonyl (C=O) groups is 1. The van der Waals surface area contributed by atoms with E-state index in [2.05, 4.69) is 40.7 Å². The van der Waals surface area contributed by atoms with Gasteiger partial charge in [0.05, 0.1) is 0 Å². The summed E-state index contributed by atoms with van der Waals surface area (Å²) >= 11 is 5.51. The Morgan fingerprint density at radius 1 is 1.10 bits per heavy atom. The van der Waals surface area contributed by atoms with Gasteiger partial charge in [-0.15, -0.1) is 0 Å². The number of fused-ring (bicyclic) bond motifs is 5. The second-order valence-corrected chi connectivity index (χ2v) is 12.8. The van der Waals surface area contributed by atoms with Gasteiger partial charge in [0.25, 0.3) is 0 Å². The average Bonchev–Trinajstić information content (AvgIpc) is 3.05. The zero-order valence-electron chi connectivity index (χ0n) is 20.6. The molecule has 4 aliphatic rings. The predicted octanol–water partition coefficient (Wildman–Crippen LogP) is 8.77. The first-order chi connectivity index (χ1) is 14.6. The van der Waals surface area contributed by atoms with Gasteiger partial charge in [0, 0.05) is 18.0 Å². The summed E-state index contributed by atoms with van der Waals surface area (Å²) in [6.45, 7) is 12.5. The lowest BCUT2D eigenvalue weighted by Crippen LogP contribution is -2.51. The highest BCUT2D eigenvalue weighted by Crippen LogP contribution is 2.67. The minimum atomic E-state index is -0.643. The molecule has 31 heavy (non-hydrogen) atoms.